The van der Waals surface area contributed by atoms with Gasteiger partial charge < -0.3 is 5.11 Å². The second-order valence-electron chi connectivity index (χ2n) is 6.82. The van der Waals surface area contributed by atoms with Crippen molar-refractivity contribution in [1.29, 1.82) is 0 Å². The topological polar surface area (TPSA) is 49.2 Å². The molecule has 0 radical (unpaired) electrons. The number of likely N-dealkylation sites (tertiary alicyclic amines) is 1. The maximum absolute atomic E-state index is 10.3. The first kappa shape index (κ1) is 16.9. The van der Waals surface area contributed by atoms with Crippen LogP contribution in [0.25, 0.3) is 11.3 Å². The Labute approximate surface area is 144 Å². The Hall–Kier alpha value is -1.94. The third-order valence-corrected chi connectivity index (χ3v) is 5.02. The molecule has 1 fully saturated rings. The minimum Gasteiger partial charge on any atom is -0.508 e. The van der Waals surface area contributed by atoms with E-state index in [9.17, 15) is 5.11 Å². The summed E-state index contributed by atoms with van der Waals surface area (Å²) in [6.45, 7) is 8.11. The van der Waals surface area contributed by atoms with Crippen LogP contribution in [-0.2, 0) is 6.54 Å². The van der Waals surface area contributed by atoms with Crippen LogP contribution in [0.1, 0.15) is 49.6 Å². The zero-order valence-electron chi connectivity index (χ0n) is 14.9. The van der Waals surface area contributed by atoms with Gasteiger partial charge in [-0.2, -0.15) is 0 Å². The molecule has 2 aromatic rings. The van der Waals surface area contributed by atoms with Crippen molar-refractivity contribution in [1.82, 2.24) is 14.9 Å². The van der Waals surface area contributed by atoms with E-state index in [1.165, 1.54) is 25.7 Å². The van der Waals surface area contributed by atoms with Crippen molar-refractivity contribution in [3.05, 3.63) is 41.3 Å². The van der Waals surface area contributed by atoms with Crippen LogP contribution in [0.3, 0.4) is 0 Å². The lowest BCUT2D eigenvalue weighted by Crippen LogP contribution is -2.38. The van der Waals surface area contributed by atoms with E-state index in [4.69, 9.17) is 0 Å². The number of aromatic nitrogens is 2. The van der Waals surface area contributed by atoms with Gasteiger partial charge in [0.1, 0.15) is 5.75 Å². The van der Waals surface area contributed by atoms with E-state index in [-0.39, 0.29) is 0 Å². The normalized spacial score (nSPS) is 18.7. The van der Waals surface area contributed by atoms with Crippen LogP contribution < -0.4 is 0 Å². The molecular formula is C20H27N3O. The molecule has 2 heterocycles. The van der Waals surface area contributed by atoms with Gasteiger partial charge in [0.15, 0.2) is 0 Å². The molecule has 3 rings (SSSR count). The third-order valence-electron chi connectivity index (χ3n) is 5.02. The molecule has 0 saturated carbocycles. The summed E-state index contributed by atoms with van der Waals surface area (Å²) < 4.78 is 0. The molecule has 4 heteroatoms. The Kier molecular flexibility index (Phi) is 5.14. The Morgan fingerprint density at radius 1 is 1.25 bits per heavy atom. The monoisotopic (exact) mass is 325 g/mol. The average molecular weight is 325 g/mol. The summed E-state index contributed by atoms with van der Waals surface area (Å²) in [5.41, 5.74) is 4.74. The van der Waals surface area contributed by atoms with Crippen molar-refractivity contribution in [3.8, 4) is 17.0 Å². The van der Waals surface area contributed by atoms with Crippen LogP contribution >= 0.6 is 0 Å². The molecule has 1 saturated heterocycles. The zero-order valence-corrected chi connectivity index (χ0v) is 14.9. The number of nitrogens with zero attached hydrogens (tertiary/aromatic N) is 3. The van der Waals surface area contributed by atoms with Crippen LogP contribution in [0.4, 0.5) is 0 Å². The Morgan fingerprint density at radius 3 is 2.88 bits per heavy atom. The number of benzene rings is 1. The predicted molar refractivity (Wildman–Crippen MR) is 96.9 cm³/mol. The van der Waals surface area contributed by atoms with Gasteiger partial charge in [0.05, 0.1) is 17.1 Å². The summed E-state index contributed by atoms with van der Waals surface area (Å²) >= 11 is 0. The van der Waals surface area contributed by atoms with E-state index in [1.54, 1.807) is 12.3 Å². The molecule has 1 aromatic carbocycles. The second-order valence-corrected chi connectivity index (χ2v) is 6.82. The minimum absolute atomic E-state index is 0.373. The van der Waals surface area contributed by atoms with Crippen LogP contribution in [0.15, 0.2) is 24.4 Å². The molecule has 4 nitrogen and oxygen atoms in total. The van der Waals surface area contributed by atoms with Gasteiger partial charge in [-0.25, -0.2) is 4.98 Å². The molecule has 1 aromatic heterocycles. The highest BCUT2D eigenvalue weighted by Crippen LogP contribution is 2.29. The van der Waals surface area contributed by atoms with E-state index < -0.39 is 0 Å². The lowest BCUT2D eigenvalue weighted by molar-refractivity contribution is 0.135. The standard InChI is InChI=1S/C20H27N3O/c1-4-18-7-5-6-10-23(18)13-17-11-16(8-9-19(17)24)20-15(3)21-12-14(2)22-20/h8-9,11-12,18,24H,4-7,10,13H2,1-3H3. The SMILES string of the molecule is CCC1CCCCN1Cc1cc(-c2nc(C)cnc2C)ccc1O. The molecular weight excluding hydrogens is 298 g/mol. The predicted octanol–water partition coefficient (Wildman–Crippen LogP) is 4.23. The van der Waals surface area contributed by atoms with Crippen LogP contribution in [0.5, 0.6) is 5.75 Å². The lowest BCUT2D eigenvalue weighted by Gasteiger charge is -2.35. The van der Waals surface area contributed by atoms with Gasteiger partial charge in [-0.15, -0.1) is 0 Å². The van der Waals surface area contributed by atoms with E-state index >= 15 is 0 Å². The van der Waals surface area contributed by atoms with Crippen molar-refractivity contribution in [2.75, 3.05) is 6.54 Å². The van der Waals surface area contributed by atoms with Crippen molar-refractivity contribution >= 4 is 0 Å². The van der Waals surface area contributed by atoms with Crippen LogP contribution in [-0.4, -0.2) is 32.6 Å². The van der Waals surface area contributed by atoms with Crippen LogP contribution in [0, 0.1) is 13.8 Å². The fourth-order valence-corrected chi connectivity index (χ4v) is 3.62. The second kappa shape index (κ2) is 7.31. The van der Waals surface area contributed by atoms with Crippen molar-refractivity contribution in [2.45, 2.75) is 59.0 Å². The molecule has 0 spiro atoms. The lowest BCUT2D eigenvalue weighted by atomic mass is 9.98. The number of phenols is 1. The number of aromatic hydroxyl groups is 1. The summed E-state index contributed by atoms with van der Waals surface area (Å²) in [5.74, 6) is 0.373. The molecule has 1 atom stereocenters. The first-order valence-corrected chi connectivity index (χ1v) is 8.95. The molecule has 0 aliphatic carbocycles. The molecule has 1 unspecified atom stereocenters. The minimum atomic E-state index is 0.373. The highest BCUT2D eigenvalue weighted by atomic mass is 16.3. The summed E-state index contributed by atoms with van der Waals surface area (Å²) in [7, 11) is 0. The average Bonchev–Trinajstić information content (AvgIpc) is 2.59. The van der Waals surface area contributed by atoms with Crippen LogP contribution in [0.2, 0.25) is 0 Å². The summed E-state index contributed by atoms with van der Waals surface area (Å²) in [5, 5.41) is 10.3. The van der Waals surface area contributed by atoms with E-state index in [0.29, 0.717) is 11.8 Å². The van der Waals surface area contributed by atoms with Gasteiger partial charge in [0.25, 0.3) is 0 Å². The molecule has 0 amide bonds. The van der Waals surface area contributed by atoms with E-state index in [1.807, 2.05) is 19.9 Å². The number of piperidine rings is 1. The maximum atomic E-state index is 10.3. The summed E-state index contributed by atoms with van der Waals surface area (Å²) in [6.07, 6.45) is 6.79. The van der Waals surface area contributed by atoms with Gasteiger partial charge in [0, 0.05) is 29.9 Å². The number of rotatable bonds is 4. The van der Waals surface area contributed by atoms with Gasteiger partial charge >= 0.3 is 0 Å². The van der Waals surface area contributed by atoms with Gasteiger partial charge in [-0.05, 0) is 57.9 Å². The Balaban J connectivity index is 1.90. The van der Waals surface area contributed by atoms with E-state index in [0.717, 1.165) is 41.3 Å². The van der Waals surface area contributed by atoms with Crippen molar-refractivity contribution < 1.29 is 5.11 Å². The van der Waals surface area contributed by atoms with Gasteiger partial charge in [0.2, 0.25) is 0 Å². The highest BCUT2D eigenvalue weighted by molar-refractivity contribution is 5.64. The van der Waals surface area contributed by atoms with E-state index in [2.05, 4.69) is 27.9 Å². The fourth-order valence-electron chi connectivity index (χ4n) is 3.62. The maximum Gasteiger partial charge on any atom is 0.120 e. The number of aryl methyl sites for hydroxylation is 2. The molecule has 24 heavy (non-hydrogen) atoms. The molecule has 1 aliphatic rings. The first-order valence-electron chi connectivity index (χ1n) is 8.95. The molecule has 0 bridgehead atoms. The van der Waals surface area contributed by atoms with Crippen molar-refractivity contribution in [3.63, 3.8) is 0 Å². The highest BCUT2D eigenvalue weighted by Gasteiger charge is 2.22. The largest absolute Gasteiger partial charge is 0.508 e. The van der Waals surface area contributed by atoms with Gasteiger partial charge in [-0.1, -0.05) is 13.3 Å². The van der Waals surface area contributed by atoms with Crippen molar-refractivity contribution in [2.24, 2.45) is 0 Å². The molecule has 128 valence electrons. The summed E-state index contributed by atoms with van der Waals surface area (Å²) in [4.78, 5) is 11.6. The number of phenolic OH excluding ortho intramolecular Hbond substituents is 1. The first-order chi connectivity index (χ1) is 11.6. The smallest absolute Gasteiger partial charge is 0.120 e. The molecule has 1 aliphatic heterocycles. The Bertz CT molecular complexity index is 714. The van der Waals surface area contributed by atoms with Gasteiger partial charge in [-0.3, -0.25) is 9.88 Å². The Morgan fingerprint density at radius 2 is 2.08 bits per heavy atom. The number of hydrogen-bond acceptors (Lipinski definition) is 4. The third kappa shape index (κ3) is 3.59. The number of hydrogen-bond donors (Lipinski definition) is 1. The molecule has 1 N–H and O–H groups in total. The fraction of sp³-hybridized carbons (Fsp3) is 0.500. The summed E-state index contributed by atoms with van der Waals surface area (Å²) in [6, 6.07) is 6.43. The zero-order chi connectivity index (χ0) is 17.1. The quantitative estimate of drug-likeness (QED) is 0.914.